The largest absolute Gasteiger partial charge is 0.386 e. The van der Waals surface area contributed by atoms with Gasteiger partial charge in [-0.05, 0) is 38.0 Å². The van der Waals surface area contributed by atoms with Gasteiger partial charge in [-0.25, -0.2) is 9.67 Å². The lowest BCUT2D eigenvalue weighted by molar-refractivity contribution is 0.187. The summed E-state index contributed by atoms with van der Waals surface area (Å²) in [5.74, 6) is 2.57. The molecule has 0 amide bonds. The van der Waals surface area contributed by atoms with E-state index in [0.29, 0.717) is 12.5 Å². The van der Waals surface area contributed by atoms with Crippen LogP contribution < -0.4 is 10.6 Å². The van der Waals surface area contributed by atoms with Crippen molar-refractivity contribution in [1.82, 2.24) is 30.4 Å². The number of aliphatic hydroxyl groups excluding tert-OH is 1. The van der Waals surface area contributed by atoms with Gasteiger partial charge in [0, 0.05) is 31.4 Å². The Bertz CT molecular complexity index is 719. The van der Waals surface area contributed by atoms with Gasteiger partial charge < -0.3 is 15.7 Å². The van der Waals surface area contributed by atoms with Crippen LogP contribution in [0.4, 0.5) is 0 Å². The van der Waals surface area contributed by atoms with E-state index in [0.717, 1.165) is 43.1 Å². The molecule has 142 valence electrons. The van der Waals surface area contributed by atoms with E-state index in [1.165, 1.54) is 0 Å². The van der Waals surface area contributed by atoms with Crippen LogP contribution in [0, 0.1) is 6.92 Å². The molecule has 3 N–H and O–H groups in total. The fourth-order valence-electron chi connectivity index (χ4n) is 2.93. The summed E-state index contributed by atoms with van der Waals surface area (Å²) in [4.78, 5) is 12.9. The number of hydrogen-bond donors (Lipinski definition) is 3. The Morgan fingerprint density at radius 2 is 2.19 bits per heavy atom. The Kier molecular flexibility index (Phi) is 7.76. The summed E-state index contributed by atoms with van der Waals surface area (Å²) >= 11 is 0. The van der Waals surface area contributed by atoms with Crippen molar-refractivity contribution in [3.8, 4) is 0 Å². The number of aliphatic imine (C=N–C) groups is 1. The van der Waals surface area contributed by atoms with Crippen molar-refractivity contribution in [3.05, 3.63) is 41.7 Å². The summed E-state index contributed by atoms with van der Waals surface area (Å²) in [6.45, 7) is 5.76. The van der Waals surface area contributed by atoms with E-state index >= 15 is 0 Å². The third kappa shape index (κ3) is 5.37. The van der Waals surface area contributed by atoms with E-state index < -0.39 is 6.10 Å². The molecule has 1 aliphatic heterocycles. The molecule has 0 radical (unpaired) electrons. The molecule has 2 unspecified atom stereocenters. The van der Waals surface area contributed by atoms with E-state index in [1.807, 2.05) is 18.5 Å². The molecule has 0 fully saturated rings. The Labute approximate surface area is 170 Å². The molecule has 8 nitrogen and oxygen atoms in total. The van der Waals surface area contributed by atoms with Gasteiger partial charge in [0.2, 0.25) is 0 Å². The lowest BCUT2D eigenvalue weighted by atomic mass is 10.1. The molecule has 3 rings (SSSR count). The first kappa shape index (κ1) is 20.6. The van der Waals surface area contributed by atoms with Gasteiger partial charge in [0.15, 0.2) is 5.96 Å². The highest BCUT2D eigenvalue weighted by Crippen LogP contribution is 2.13. The lowest BCUT2D eigenvalue weighted by Gasteiger charge is -2.25. The number of pyridine rings is 1. The normalized spacial score (nSPS) is 17.8. The number of fused-ring (bicyclic) bond motifs is 1. The minimum absolute atomic E-state index is 0. The molecule has 26 heavy (non-hydrogen) atoms. The van der Waals surface area contributed by atoms with E-state index in [-0.39, 0.29) is 30.0 Å². The zero-order valence-corrected chi connectivity index (χ0v) is 17.4. The Morgan fingerprint density at radius 1 is 1.42 bits per heavy atom. The number of aromatic nitrogens is 4. The van der Waals surface area contributed by atoms with Crippen molar-refractivity contribution in [1.29, 1.82) is 0 Å². The number of guanidine groups is 1. The maximum Gasteiger partial charge on any atom is 0.191 e. The van der Waals surface area contributed by atoms with Gasteiger partial charge in [-0.15, -0.1) is 24.0 Å². The van der Waals surface area contributed by atoms with Gasteiger partial charge in [0.1, 0.15) is 11.6 Å². The standard InChI is InChI=1S/C17H25N7O.HI/c1-3-19-17(20-10-15(25)13-6-8-18-9-7-13)22-14-4-5-16-21-12(2)23-24(16)11-14;/h6-9,14-15,25H,3-5,10-11H2,1-2H3,(H2,19,20,22);1H. The van der Waals surface area contributed by atoms with Crippen molar-refractivity contribution in [3.63, 3.8) is 0 Å². The molecule has 2 atom stereocenters. The third-order valence-electron chi connectivity index (χ3n) is 4.16. The molecule has 0 aromatic carbocycles. The van der Waals surface area contributed by atoms with Crippen LogP contribution in [0.1, 0.15) is 36.7 Å². The maximum absolute atomic E-state index is 10.3. The van der Waals surface area contributed by atoms with Crippen LogP contribution in [0.15, 0.2) is 29.5 Å². The van der Waals surface area contributed by atoms with E-state index in [2.05, 4.69) is 30.7 Å². The predicted molar refractivity (Wildman–Crippen MR) is 111 cm³/mol. The minimum Gasteiger partial charge on any atom is -0.386 e. The Hall–Kier alpha value is -1.75. The topological polar surface area (TPSA) is 100 Å². The van der Waals surface area contributed by atoms with Crippen molar-refractivity contribution < 1.29 is 5.11 Å². The SMILES string of the molecule is CCNC(=NCC(O)c1ccncc1)NC1CCc2nc(C)nn2C1.I. The minimum atomic E-state index is -0.644. The zero-order chi connectivity index (χ0) is 17.6. The van der Waals surface area contributed by atoms with Crippen LogP contribution in [0.3, 0.4) is 0 Å². The van der Waals surface area contributed by atoms with Crippen LogP contribution in [-0.2, 0) is 13.0 Å². The van der Waals surface area contributed by atoms with E-state index in [1.54, 1.807) is 24.5 Å². The van der Waals surface area contributed by atoms with E-state index in [9.17, 15) is 5.11 Å². The van der Waals surface area contributed by atoms with Crippen molar-refractivity contribution >= 4 is 29.9 Å². The number of aryl methyl sites for hydroxylation is 2. The second kappa shape index (κ2) is 9.81. The number of hydrogen-bond acceptors (Lipinski definition) is 5. The third-order valence-corrected chi connectivity index (χ3v) is 4.16. The number of halogens is 1. The second-order valence-electron chi connectivity index (χ2n) is 6.15. The Balaban J connectivity index is 0.00000243. The monoisotopic (exact) mass is 471 g/mol. The average Bonchev–Trinajstić information content (AvgIpc) is 2.99. The number of aliphatic hydroxyl groups is 1. The molecule has 0 bridgehead atoms. The molecule has 0 spiro atoms. The van der Waals surface area contributed by atoms with Gasteiger partial charge in [-0.1, -0.05) is 0 Å². The van der Waals surface area contributed by atoms with Crippen molar-refractivity contribution in [2.24, 2.45) is 4.99 Å². The van der Waals surface area contributed by atoms with Gasteiger partial charge in [-0.2, -0.15) is 5.10 Å². The van der Waals surface area contributed by atoms with Crippen molar-refractivity contribution in [2.45, 2.75) is 45.4 Å². The molecular weight excluding hydrogens is 445 g/mol. The zero-order valence-electron chi connectivity index (χ0n) is 15.1. The molecule has 9 heteroatoms. The highest BCUT2D eigenvalue weighted by atomic mass is 127. The smallest absolute Gasteiger partial charge is 0.191 e. The molecule has 2 aromatic rings. The average molecular weight is 471 g/mol. The van der Waals surface area contributed by atoms with Crippen molar-refractivity contribution in [2.75, 3.05) is 13.1 Å². The van der Waals surface area contributed by atoms with E-state index in [4.69, 9.17) is 0 Å². The molecule has 0 aliphatic carbocycles. The molecule has 3 heterocycles. The fourth-order valence-corrected chi connectivity index (χ4v) is 2.93. The highest BCUT2D eigenvalue weighted by Gasteiger charge is 2.21. The van der Waals surface area contributed by atoms with Crippen LogP contribution in [-0.4, -0.2) is 49.9 Å². The molecule has 0 saturated carbocycles. The number of nitrogens with one attached hydrogen (secondary N) is 2. The van der Waals surface area contributed by atoms with Gasteiger partial charge in [-0.3, -0.25) is 9.98 Å². The fraction of sp³-hybridized carbons (Fsp3) is 0.529. The van der Waals surface area contributed by atoms with Gasteiger partial charge in [0.25, 0.3) is 0 Å². The summed E-state index contributed by atoms with van der Waals surface area (Å²) in [6.07, 6.45) is 4.58. The summed E-state index contributed by atoms with van der Waals surface area (Å²) < 4.78 is 1.96. The quantitative estimate of drug-likeness (QED) is 0.345. The highest BCUT2D eigenvalue weighted by molar-refractivity contribution is 14.0. The lowest BCUT2D eigenvalue weighted by Crippen LogP contribution is -2.47. The molecular formula is C17H26IN7O. The molecule has 0 saturated heterocycles. The Morgan fingerprint density at radius 3 is 2.92 bits per heavy atom. The number of rotatable bonds is 5. The summed E-state index contributed by atoms with van der Waals surface area (Å²) in [6, 6.07) is 3.84. The first-order valence-electron chi connectivity index (χ1n) is 8.69. The summed E-state index contributed by atoms with van der Waals surface area (Å²) in [5, 5.41) is 21.4. The van der Waals surface area contributed by atoms with Crippen LogP contribution in [0.25, 0.3) is 0 Å². The predicted octanol–water partition coefficient (Wildman–Crippen LogP) is 1.20. The van der Waals surface area contributed by atoms with Gasteiger partial charge >= 0.3 is 0 Å². The van der Waals surface area contributed by atoms with Gasteiger partial charge in [0.05, 0.1) is 19.2 Å². The summed E-state index contributed by atoms with van der Waals surface area (Å²) in [7, 11) is 0. The van der Waals surface area contributed by atoms with Crippen LogP contribution in [0.2, 0.25) is 0 Å². The molecule has 1 aliphatic rings. The first-order valence-corrected chi connectivity index (χ1v) is 8.69. The van der Waals surface area contributed by atoms with Crippen LogP contribution in [0.5, 0.6) is 0 Å². The second-order valence-corrected chi connectivity index (χ2v) is 6.15. The first-order chi connectivity index (χ1) is 12.2. The summed E-state index contributed by atoms with van der Waals surface area (Å²) in [5.41, 5.74) is 0.815. The maximum atomic E-state index is 10.3. The van der Waals surface area contributed by atoms with Crippen LogP contribution >= 0.6 is 24.0 Å². The molecule has 2 aromatic heterocycles. The number of nitrogens with zero attached hydrogens (tertiary/aromatic N) is 5.